The summed E-state index contributed by atoms with van der Waals surface area (Å²) in [6.07, 6.45) is -1.16. The molecule has 3 aliphatic rings. The Hall–Kier alpha value is -3.15. The molecule has 12 heteroatoms. The minimum atomic E-state index is -5.03. The second kappa shape index (κ2) is 14.1. The monoisotopic (exact) mass is 638 g/mol. The van der Waals surface area contributed by atoms with E-state index in [4.69, 9.17) is 9.47 Å². The smallest absolute Gasteiger partial charge is 0.462 e. The number of aliphatic hydroxyl groups excluding tert-OH is 1. The van der Waals surface area contributed by atoms with Crippen LogP contribution in [0.1, 0.15) is 95.8 Å². The summed E-state index contributed by atoms with van der Waals surface area (Å²) in [7, 11) is 0. The molecule has 3 N–H and O–H groups in total. The lowest BCUT2D eigenvalue weighted by Crippen LogP contribution is -2.53. The highest BCUT2D eigenvalue weighted by Crippen LogP contribution is 2.50. The molecule has 1 heterocycles. The van der Waals surface area contributed by atoms with Crippen LogP contribution in [0.5, 0.6) is 0 Å². The van der Waals surface area contributed by atoms with E-state index in [2.05, 4.69) is 12.2 Å². The molecule has 250 valence electrons. The highest BCUT2D eigenvalue weighted by Gasteiger charge is 2.49. The quantitative estimate of drug-likeness (QED) is 0.302. The standard InChI is InChI=1S/C33H45F3N2O7/c1-5-32(3,4)31(43)45-26-15-22(37-29(41)19-8-10-21(11-9-19)38-30(42)33(34,35)36)14-20-7-6-18(2)25(28(20)26)13-12-24-16-23(39)17-27(40)44-24/h8-11,18,20,22-26,28,39H,5-7,12-17H2,1-4H3,(H,37,41)(H,38,42)/t18-,20-,22-,23+,24-,25-,26-,28-/m0/s1. The maximum absolute atomic E-state index is 13.3. The fourth-order valence-electron chi connectivity index (χ4n) is 7.12. The van der Waals surface area contributed by atoms with Crippen LogP contribution in [0.25, 0.3) is 0 Å². The summed E-state index contributed by atoms with van der Waals surface area (Å²) in [6, 6.07) is 4.88. The van der Waals surface area contributed by atoms with E-state index in [9.17, 15) is 37.5 Å². The van der Waals surface area contributed by atoms with Crippen molar-refractivity contribution in [1.29, 1.82) is 0 Å². The van der Waals surface area contributed by atoms with Gasteiger partial charge >= 0.3 is 24.0 Å². The molecular formula is C33H45F3N2O7. The van der Waals surface area contributed by atoms with Crippen LogP contribution in [0.4, 0.5) is 18.9 Å². The van der Waals surface area contributed by atoms with E-state index in [0.717, 1.165) is 19.3 Å². The van der Waals surface area contributed by atoms with Crippen molar-refractivity contribution in [1.82, 2.24) is 5.32 Å². The molecule has 2 saturated carbocycles. The number of rotatable bonds is 9. The Morgan fingerprint density at radius 2 is 1.73 bits per heavy atom. The molecule has 0 spiro atoms. The number of cyclic esters (lactones) is 1. The van der Waals surface area contributed by atoms with Crippen LogP contribution in [-0.4, -0.2) is 59.4 Å². The number of carbonyl (C=O) groups is 4. The van der Waals surface area contributed by atoms with E-state index in [-0.39, 0.29) is 59.5 Å². The van der Waals surface area contributed by atoms with Gasteiger partial charge in [0.15, 0.2) is 0 Å². The van der Waals surface area contributed by atoms with Gasteiger partial charge in [-0.05, 0) is 88.0 Å². The number of hydrogen-bond acceptors (Lipinski definition) is 7. The van der Waals surface area contributed by atoms with Crippen molar-refractivity contribution in [2.45, 2.75) is 116 Å². The van der Waals surface area contributed by atoms with Crippen LogP contribution < -0.4 is 10.6 Å². The number of aliphatic hydroxyl groups is 1. The number of halogens is 3. The lowest BCUT2D eigenvalue weighted by Gasteiger charge is -2.51. The maximum Gasteiger partial charge on any atom is 0.471 e. The molecule has 45 heavy (non-hydrogen) atoms. The summed E-state index contributed by atoms with van der Waals surface area (Å²) in [5, 5.41) is 14.9. The van der Waals surface area contributed by atoms with Gasteiger partial charge in [0, 0.05) is 36.1 Å². The summed E-state index contributed by atoms with van der Waals surface area (Å²) in [4.78, 5) is 49.7. The van der Waals surface area contributed by atoms with Gasteiger partial charge in [-0.15, -0.1) is 0 Å². The van der Waals surface area contributed by atoms with Crippen molar-refractivity contribution in [3.8, 4) is 0 Å². The molecule has 2 aliphatic carbocycles. The van der Waals surface area contributed by atoms with Crippen molar-refractivity contribution in [3.05, 3.63) is 29.8 Å². The Bertz CT molecular complexity index is 1240. The number of alkyl halides is 3. The van der Waals surface area contributed by atoms with Gasteiger partial charge in [-0.2, -0.15) is 13.2 Å². The molecule has 1 saturated heterocycles. The number of amides is 2. The zero-order valence-electron chi connectivity index (χ0n) is 26.3. The van der Waals surface area contributed by atoms with Gasteiger partial charge < -0.3 is 25.2 Å². The fourth-order valence-corrected chi connectivity index (χ4v) is 7.12. The van der Waals surface area contributed by atoms with Crippen molar-refractivity contribution in [2.75, 3.05) is 5.32 Å². The Labute approximate surface area is 262 Å². The summed E-state index contributed by atoms with van der Waals surface area (Å²) in [5.74, 6) is -2.42. The van der Waals surface area contributed by atoms with Crippen LogP contribution in [0, 0.1) is 29.1 Å². The number of esters is 2. The number of anilines is 1. The van der Waals surface area contributed by atoms with Crippen molar-refractivity contribution in [2.24, 2.45) is 29.1 Å². The summed E-state index contributed by atoms with van der Waals surface area (Å²) in [5.41, 5.74) is -0.543. The maximum atomic E-state index is 13.3. The van der Waals surface area contributed by atoms with E-state index < -0.39 is 35.6 Å². The van der Waals surface area contributed by atoms with E-state index in [1.54, 1.807) is 5.32 Å². The molecule has 4 rings (SSSR count). The lowest BCUT2D eigenvalue weighted by molar-refractivity contribution is -0.173. The molecule has 0 bridgehead atoms. The van der Waals surface area contributed by atoms with Crippen LogP contribution in [0.15, 0.2) is 24.3 Å². The number of hydrogen-bond donors (Lipinski definition) is 3. The van der Waals surface area contributed by atoms with E-state index in [1.165, 1.54) is 24.3 Å². The summed E-state index contributed by atoms with van der Waals surface area (Å²) >= 11 is 0. The van der Waals surface area contributed by atoms with Crippen molar-refractivity contribution in [3.63, 3.8) is 0 Å². The van der Waals surface area contributed by atoms with Crippen LogP contribution >= 0.6 is 0 Å². The van der Waals surface area contributed by atoms with E-state index >= 15 is 0 Å². The van der Waals surface area contributed by atoms with Gasteiger partial charge in [0.1, 0.15) is 12.2 Å². The van der Waals surface area contributed by atoms with E-state index in [0.29, 0.717) is 38.0 Å². The highest BCUT2D eigenvalue weighted by molar-refractivity contribution is 5.97. The number of nitrogens with one attached hydrogen (secondary N) is 2. The number of ether oxygens (including phenoxy) is 2. The number of carbonyl (C=O) groups excluding carboxylic acids is 4. The zero-order chi connectivity index (χ0) is 33.1. The van der Waals surface area contributed by atoms with Gasteiger partial charge in [0.05, 0.1) is 17.9 Å². The van der Waals surface area contributed by atoms with Crippen molar-refractivity contribution >= 4 is 29.4 Å². The minimum Gasteiger partial charge on any atom is -0.462 e. The number of fused-ring (bicyclic) bond motifs is 1. The molecule has 2 amide bonds. The molecule has 1 aromatic carbocycles. The largest absolute Gasteiger partial charge is 0.471 e. The van der Waals surface area contributed by atoms with Crippen molar-refractivity contribution < 1.29 is 46.9 Å². The second-order valence-corrected chi connectivity index (χ2v) is 13.7. The first kappa shape index (κ1) is 34.7. The van der Waals surface area contributed by atoms with Gasteiger partial charge in [-0.1, -0.05) is 20.3 Å². The van der Waals surface area contributed by atoms with Gasteiger partial charge in [-0.3, -0.25) is 19.2 Å². The summed E-state index contributed by atoms with van der Waals surface area (Å²) < 4.78 is 49.5. The molecule has 9 nitrogen and oxygen atoms in total. The van der Waals surface area contributed by atoms with Gasteiger partial charge in [0.25, 0.3) is 5.91 Å². The first-order valence-electron chi connectivity index (χ1n) is 15.9. The first-order chi connectivity index (χ1) is 21.1. The lowest BCUT2D eigenvalue weighted by atomic mass is 9.58. The fraction of sp³-hybridized carbons (Fsp3) is 0.697. The average molecular weight is 639 g/mol. The predicted octanol–water partition coefficient (Wildman–Crippen LogP) is 5.55. The Morgan fingerprint density at radius 1 is 1.04 bits per heavy atom. The average Bonchev–Trinajstić information content (AvgIpc) is 2.96. The van der Waals surface area contributed by atoms with Crippen LogP contribution in [0.3, 0.4) is 0 Å². The van der Waals surface area contributed by atoms with E-state index in [1.807, 2.05) is 20.8 Å². The molecule has 1 aromatic rings. The Balaban J connectivity index is 1.48. The van der Waals surface area contributed by atoms with Crippen LogP contribution in [-0.2, 0) is 23.9 Å². The molecule has 0 unspecified atom stereocenters. The topological polar surface area (TPSA) is 131 Å². The van der Waals surface area contributed by atoms with Gasteiger partial charge in [-0.25, -0.2) is 0 Å². The third kappa shape index (κ3) is 8.77. The SMILES string of the molecule is CCC(C)(C)C(=O)O[C@H]1C[C@@H](NC(=O)c2ccc(NC(=O)C(F)(F)F)cc2)C[C@@H]2CC[C@H](C)[C@H](CC[C@H]3C[C@@H](O)CC(=O)O3)[C@H]21. The normalized spacial score (nSPS) is 30.4. The van der Waals surface area contributed by atoms with Crippen LogP contribution in [0.2, 0.25) is 0 Å². The molecule has 0 aromatic heterocycles. The predicted molar refractivity (Wildman–Crippen MR) is 159 cm³/mol. The first-order valence-corrected chi connectivity index (χ1v) is 15.9. The van der Waals surface area contributed by atoms with Gasteiger partial charge in [0.2, 0.25) is 0 Å². The third-order valence-electron chi connectivity index (χ3n) is 10.0. The highest BCUT2D eigenvalue weighted by atomic mass is 19.4. The Kier molecular flexibility index (Phi) is 10.9. The molecule has 8 atom stereocenters. The molecule has 1 aliphatic heterocycles. The molecule has 0 radical (unpaired) electrons. The summed E-state index contributed by atoms with van der Waals surface area (Å²) in [6.45, 7) is 7.82. The second-order valence-electron chi connectivity index (χ2n) is 13.7. The number of benzene rings is 1. The third-order valence-corrected chi connectivity index (χ3v) is 10.0. The molecular weight excluding hydrogens is 593 g/mol. The molecule has 3 fully saturated rings. The zero-order valence-corrected chi connectivity index (χ0v) is 26.3. The minimum absolute atomic E-state index is 0.0120. The Morgan fingerprint density at radius 3 is 2.36 bits per heavy atom.